The van der Waals surface area contributed by atoms with E-state index in [9.17, 15) is 13.2 Å². The molecule has 0 aliphatic rings. The van der Waals surface area contributed by atoms with Gasteiger partial charge in [0.15, 0.2) is 0 Å². The zero-order valence-corrected chi connectivity index (χ0v) is 17.2. The molecule has 0 saturated heterocycles. The van der Waals surface area contributed by atoms with Gasteiger partial charge in [-0.15, -0.1) is 0 Å². The van der Waals surface area contributed by atoms with E-state index >= 15 is 0 Å². The Balaban J connectivity index is 2.16. The van der Waals surface area contributed by atoms with E-state index in [2.05, 4.69) is 10.6 Å². The Bertz CT molecular complexity index is 929. The number of hydrogen-bond acceptors (Lipinski definition) is 5. The van der Waals surface area contributed by atoms with Crippen LogP contribution in [0.5, 0.6) is 5.75 Å². The summed E-state index contributed by atoms with van der Waals surface area (Å²) in [5.74, 6) is -0.0596. The normalized spacial score (nSPS) is 11.3. The van der Waals surface area contributed by atoms with E-state index in [1.54, 1.807) is 18.2 Å². The van der Waals surface area contributed by atoms with Gasteiger partial charge in [0.2, 0.25) is 15.9 Å². The second kappa shape index (κ2) is 8.79. The molecule has 0 radical (unpaired) electrons. The standard InChI is InChI=1S/C17H19Cl2N3O4S/c1-22(2)27(24,25)14-4-5-16(26-3)15(9-14)21-17(23)10-20-13-7-11(18)6-12(19)8-13/h4-9,20H,10H2,1-3H3,(H,21,23). The van der Waals surface area contributed by atoms with E-state index in [4.69, 9.17) is 27.9 Å². The number of ether oxygens (including phenoxy) is 1. The molecule has 0 bridgehead atoms. The smallest absolute Gasteiger partial charge is 0.243 e. The van der Waals surface area contributed by atoms with E-state index in [-0.39, 0.29) is 17.1 Å². The number of nitrogens with one attached hydrogen (secondary N) is 2. The van der Waals surface area contributed by atoms with Gasteiger partial charge in [-0.05, 0) is 36.4 Å². The Kier molecular flexibility index (Phi) is 6.94. The highest BCUT2D eigenvalue weighted by atomic mass is 35.5. The minimum Gasteiger partial charge on any atom is -0.495 e. The summed E-state index contributed by atoms with van der Waals surface area (Å²) in [5.41, 5.74) is 0.829. The van der Waals surface area contributed by atoms with Crippen LogP contribution in [-0.2, 0) is 14.8 Å². The van der Waals surface area contributed by atoms with Gasteiger partial charge in [-0.1, -0.05) is 23.2 Å². The van der Waals surface area contributed by atoms with Crippen molar-refractivity contribution in [3.63, 3.8) is 0 Å². The van der Waals surface area contributed by atoms with Crippen molar-refractivity contribution in [2.24, 2.45) is 0 Å². The lowest BCUT2D eigenvalue weighted by molar-refractivity contribution is -0.114. The maximum absolute atomic E-state index is 12.3. The van der Waals surface area contributed by atoms with Gasteiger partial charge in [0.25, 0.3) is 0 Å². The summed E-state index contributed by atoms with van der Waals surface area (Å²) in [6, 6.07) is 9.08. The van der Waals surface area contributed by atoms with Crippen LogP contribution in [0.1, 0.15) is 0 Å². The van der Waals surface area contributed by atoms with Crippen molar-refractivity contribution in [3.05, 3.63) is 46.4 Å². The molecule has 0 aliphatic carbocycles. The number of anilines is 2. The van der Waals surface area contributed by atoms with Gasteiger partial charge in [0.05, 0.1) is 24.2 Å². The number of benzene rings is 2. The fourth-order valence-electron chi connectivity index (χ4n) is 2.19. The summed E-state index contributed by atoms with van der Waals surface area (Å²) in [6.45, 7) is -0.0789. The predicted octanol–water partition coefficient (Wildman–Crippen LogP) is 3.30. The number of hydrogen-bond donors (Lipinski definition) is 2. The third-order valence-corrected chi connectivity index (χ3v) is 5.79. The first-order valence-electron chi connectivity index (χ1n) is 7.74. The van der Waals surface area contributed by atoms with Gasteiger partial charge in [-0.25, -0.2) is 12.7 Å². The van der Waals surface area contributed by atoms with Crippen LogP contribution < -0.4 is 15.4 Å². The van der Waals surface area contributed by atoms with Crippen molar-refractivity contribution in [3.8, 4) is 5.75 Å². The highest BCUT2D eigenvalue weighted by molar-refractivity contribution is 7.89. The third kappa shape index (κ3) is 5.49. The van der Waals surface area contributed by atoms with Crippen LogP contribution in [0.2, 0.25) is 10.0 Å². The van der Waals surface area contributed by atoms with Crippen LogP contribution in [0.25, 0.3) is 0 Å². The molecule has 2 rings (SSSR count). The number of sulfonamides is 1. The average molecular weight is 432 g/mol. The van der Waals surface area contributed by atoms with Crippen molar-refractivity contribution in [1.29, 1.82) is 0 Å². The maximum Gasteiger partial charge on any atom is 0.243 e. The molecule has 2 aromatic carbocycles. The van der Waals surface area contributed by atoms with Crippen LogP contribution in [0.15, 0.2) is 41.3 Å². The van der Waals surface area contributed by atoms with Crippen molar-refractivity contribution >= 4 is 50.5 Å². The molecule has 0 aliphatic heterocycles. The van der Waals surface area contributed by atoms with Crippen LogP contribution in [0.4, 0.5) is 11.4 Å². The van der Waals surface area contributed by atoms with Gasteiger partial charge in [0.1, 0.15) is 5.75 Å². The highest BCUT2D eigenvalue weighted by Gasteiger charge is 2.19. The zero-order chi connectivity index (χ0) is 20.2. The number of carbonyl (C=O) groups is 1. The minimum absolute atomic E-state index is 0.0400. The zero-order valence-electron chi connectivity index (χ0n) is 14.9. The van der Waals surface area contributed by atoms with Crippen LogP contribution in [-0.4, -0.2) is 46.4 Å². The SMILES string of the molecule is COc1ccc(S(=O)(=O)N(C)C)cc1NC(=O)CNc1cc(Cl)cc(Cl)c1. The number of amides is 1. The summed E-state index contributed by atoms with van der Waals surface area (Å²) in [6.07, 6.45) is 0. The fourth-order valence-corrected chi connectivity index (χ4v) is 3.64. The number of nitrogens with zero attached hydrogens (tertiary/aromatic N) is 1. The molecule has 0 heterocycles. The lowest BCUT2D eigenvalue weighted by atomic mass is 10.3. The molecule has 10 heteroatoms. The molecule has 0 saturated carbocycles. The third-order valence-electron chi connectivity index (χ3n) is 3.54. The van der Waals surface area contributed by atoms with E-state index in [0.717, 1.165) is 4.31 Å². The topological polar surface area (TPSA) is 87.7 Å². The predicted molar refractivity (Wildman–Crippen MR) is 107 cm³/mol. The molecular weight excluding hydrogens is 413 g/mol. The van der Waals surface area contributed by atoms with Crippen molar-refractivity contribution in [2.75, 3.05) is 38.4 Å². The summed E-state index contributed by atoms with van der Waals surface area (Å²) < 4.78 is 30.8. The van der Waals surface area contributed by atoms with Gasteiger partial charge >= 0.3 is 0 Å². The molecular formula is C17H19Cl2N3O4S. The molecule has 146 valence electrons. The van der Waals surface area contributed by atoms with E-state index in [1.807, 2.05) is 0 Å². The highest BCUT2D eigenvalue weighted by Crippen LogP contribution is 2.28. The second-order valence-corrected chi connectivity index (χ2v) is 8.73. The Morgan fingerprint density at radius 3 is 2.30 bits per heavy atom. The molecule has 2 N–H and O–H groups in total. The van der Waals surface area contributed by atoms with Crippen molar-refractivity contribution in [1.82, 2.24) is 4.31 Å². The number of carbonyl (C=O) groups excluding carboxylic acids is 1. The Morgan fingerprint density at radius 2 is 1.74 bits per heavy atom. The lowest BCUT2D eigenvalue weighted by Gasteiger charge is -2.15. The Hall–Kier alpha value is -2.00. The summed E-state index contributed by atoms with van der Waals surface area (Å²) in [4.78, 5) is 12.3. The Labute approximate surface area is 168 Å². The van der Waals surface area contributed by atoms with Crippen LogP contribution in [0.3, 0.4) is 0 Å². The molecule has 0 spiro atoms. The van der Waals surface area contributed by atoms with E-state index in [0.29, 0.717) is 21.5 Å². The minimum atomic E-state index is -3.64. The second-order valence-electron chi connectivity index (χ2n) is 5.71. The summed E-state index contributed by atoms with van der Waals surface area (Å²) in [7, 11) is 0.641. The molecule has 7 nitrogen and oxygen atoms in total. The van der Waals surface area contributed by atoms with Gasteiger partial charge in [-0.2, -0.15) is 0 Å². The molecule has 0 fully saturated rings. The number of halogens is 2. The molecule has 0 aromatic heterocycles. The van der Waals surface area contributed by atoms with E-state index in [1.165, 1.54) is 39.4 Å². The number of rotatable bonds is 7. The van der Waals surface area contributed by atoms with Crippen LogP contribution in [0, 0.1) is 0 Å². The maximum atomic E-state index is 12.3. The molecule has 1 amide bonds. The van der Waals surface area contributed by atoms with Crippen LogP contribution >= 0.6 is 23.2 Å². The average Bonchev–Trinajstić information content (AvgIpc) is 2.59. The first-order valence-corrected chi connectivity index (χ1v) is 9.93. The summed E-state index contributed by atoms with van der Waals surface area (Å²) in [5, 5.41) is 6.41. The monoisotopic (exact) mass is 431 g/mol. The molecule has 0 atom stereocenters. The fraction of sp³-hybridized carbons (Fsp3) is 0.235. The van der Waals surface area contributed by atoms with Gasteiger partial charge in [-0.3, -0.25) is 4.79 Å². The summed E-state index contributed by atoms with van der Waals surface area (Å²) >= 11 is 11.8. The van der Waals surface area contributed by atoms with Gasteiger partial charge < -0.3 is 15.4 Å². The van der Waals surface area contributed by atoms with Gasteiger partial charge in [0, 0.05) is 29.8 Å². The largest absolute Gasteiger partial charge is 0.495 e. The first-order chi connectivity index (χ1) is 12.6. The molecule has 2 aromatic rings. The first kappa shape index (κ1) is 21.3. The van der Waals surface area contributed by atoms with Crippen molar-refractivity contribution in [2.45, 2.75) is 4.90 Å². The molecule has 27 heavy (non-hydrogen) atoms. The lowest BCUT2D eigenvalue weighted by Crippen LogP contribution is -2.24. The van der Waals surface area contributed by atoms with Crippen molar-refractivity contribution < 1.29 is 17.9 Å². The molecule has 0 unspecified atom stereocenters. The van der Waals surface area contributed by atoms with E-state index < -0.39 is 15.9 Å². The quantitative estimate of drug-likeness (QED) is 0.701. The Morgan fingerprint density at radius 1 is 1.11 bits per heavy atom. The number of methoxy groups -OCH3 is 1.